The molecular formula is C9H12O8. The lowest BCUT2D eigenvalue weighted by Crippen LogP contribution is -2.42. The Bertz CT molecular complexity index is 347. The zero-order valence-electron chi connectivity index (χ0n) is 8.75. The topological polar surface area (TPSA) is 149 Å². The molecule has 4 N–H and O–H groups in total. The van der Waals surface area contributed by atoms with Crippen molar-refractivity contribution in [3.8, 4) is 0 Å². The summed E-state index contributed by atoms with van der Waals surface area (Å²) < 4.78 is 0. The fraction of sp³-hybridized carbons (Fsp3) is 0.556. The third-order valence-electron chi connectivity index (χ3n) is 1.95. The molecule has 0 saturated carbocycles. The van der Waals surface area contributed by atoms with E-state index >= 15 is 0 Å². The van der Waals surface area contributed by atoms with E-state index < -0.39 is 55.0 Å². The Balaban J connectivity index is 4.54. The Morgan fingerprint density at radius 1 is 0.824 bits per heavy atom. The molecule has 8 heteroatoms. The summed E-state index contributed by atoms with van der Waals surface area (Å²) in [7, 11) is 0. The highest BCUT2D eigenvalue weighted by atomic mass is 16.4. The van der Waals surface area contributed by atoms with E-state index in [1.165, 1.54) is 0 Å². The first-order valence-electron chi connectivity index (χ1n) is 4.58. The van der Waals surface area contributed by atoms with Gasteiger partial charge < -0.3 is 20.4 Å². The maximum absolute atomic E-state index is 11.2. The van der Waals surface area contributed by atoms with Crippen LogP contribution in [0.1, 0.15) is 25.7 Å². The third-order valence-corrected chi connectivity index (χ3v) is 1.95. The molecule has 0 heterocycles. The van der Waals surface area contributed by atoms with Gasteiger partial charge in [-0.3, -0.25) is 14.4 Å². The maximum Gasteiger partial charge on any atom is 0.336 e. The van der Waals surface area contributed by atoms with E-state index in [2.05, 4.69) is 0 Å². The largest absolute Gasteiger partial charge is 0.481 e. The lowest BCUT2D eigenvalue weighted by Gasteiger charge is -2.20. The molecule has 0 aliphatic rings. The predicted molar refractivity (Wildman–Crippen MR) is 51.3 cm³/mol. The first-order valence-corrected chi connectivity index (χ1v) is 4.58. The van der Waals surface area contributed by atoms with Crippen LogP contribution in [0.3, 0.4) is 0 Å². The van der Waals surface area contributed by atoms with Gasteiger partial charge in [0.2, 0.25) is 0 Å². The molecule has 0 amide bonds. The number of carboxylic acid groups (broad SMARTS) is 3. The Morgan fingerprint density at radius 3 is 1.71 bits per heavy atom. The van der Waals surface area contributed by atoms with Gasteiger partial charge in [0.15, 0.2) is 5.60 Å². The highest BCUT2D eigenvalue weighted by Gasteiger charge is 2.40. The molecule has 0 radical (unpaired) electrons. The van der Waals surface area contributed by atoms with Gasteiger partial charge in [-0.1, -0.05) is 0 Å². The van der Waals surface area contributed by atoms with E-state index in [0.717, 1.165) is 0 Å². The second-order valence-corrected chi connectivity index (χ2v) is 3.52. The molecule has 0 bridgehead atoms. The first kappa shape index (κ1) is 15.0. The zero-order chi connectivity index (χ0) is 13.6. The molecule has 1 atom stereocenters. The number of rotatable bonds is 8. The summed E-state index contributed by atoms with van der Waals surface area (Å²) in [4.78, 5) is 42.3. The fourth-order valence-electron chi connectivity index (χ4n) is 1.12. The minimum Gasteiger partial charge on any atom is -0.481 e. The average molecular weight is 248 g/mol. The van der Waals surface area contributed by atoms with E-state index in [9.17, 15) is 24.3 Å². The van der Waals surface area contributed by atoms with Crippen LogP contribution < -0.4 is 0 Å². The SMILES string of the molecule is O=C(O)CCC(=O)CC(O)(CC(=O)O)C(=O)O. The average Bonchev–Trinajstić information content (AvgIpc) is 2.12. The van der Waals surface area contributed by atoms with E-state index in [0.29, 0.717) is 0 Å². The van der Waals surface area contributed by atoms with Gasteiger partial charge in [0.25, 0.3) is 0 Å². The van der Waals surface area contributed by atoms with Crippen LogP contribution in [0.15, 0.2) is 0 Å². The number of carbonyl (C=O) groups excluding carboxylic acids is 1. The Hall–Kier alpha value is -1.96. The van der Waals surface area contributed by atoms with Crippen LogP contribution in [0, 0.1) is 0 Å². The van der Waals surface area contributed by atoms with Gasteiger partial charge in [-0.2, -0.15) is 0 Å². The number of hydrogen-bond acceptors (Lipinski definition) is 5. The fourth-order valence-corrected chi connectivity index (χ4v) is 1.12. The quantitative estimate of drug-likeness (QED) is 0.431. The van der Waals surface area contributed by atoms with Crippen LogP contribution in [-0.4, -0.2) is 49.7 Å². The molecule has 0 aromatic heterocycles. The summed E-state index contributed by atoms with van der Waals surface area (Å²) in [5, 5.41) is 34.8. The lowest BCUT2D eigenvalue weighted by molar-refractivity contribution is -0.167. The van der Waals surface area contributed by atoms with Crippen LogP contribution in [0.2, 0.25) is 0 Å². The van der Waals surface area contributed by atoms with Crippen LogP contribution in [0.4, 0.5) is 0 Å². The summed E-state index contributed by atoms with van der Waals surface area (Å²) in [6, 6.07) is 0. The molecule has 0 rings (SSSR count). The van der Waals surface area contributed by atoms with E-state index in [1.807, 2.05) is 0 Å². The van der Waals surface area contributed by atoms with Gasteiger partial charge in [0.05, 0.1) is 12.8 Å². The number of Topliss-reactive ketones (excluding diaryl/α,β-unsaturated/α-hetero) is 1. The molecule has 0 spiro atoms. The Kier molecular flexibility index (Phi) is 5.26. The normalized spacial score (nSPS) is 13.7. The second-order valence-electron chi connectivity index (χ2n) is 3.52. The number of hydrogen-bond donors (Lipinski definition) is 4. The second kappa shape index (κ2) is 5.94. The van der Waals surface area contributed by atoms with Crippen molar-refractivity contribution in [2.75, 3.05) is 0 Å². The summed E-state index contributed by atoms with van der Waals surface area (Å²) in [6.45, 7) is 0. The maximum atomic E-state index is 11.2. The minimum absolute atomic E-state index is 0.454. The molecule has 0 aliphatic carbocycles. The number of carbonyl (C=O) groups is 4. The summed E-state index contributed by atoms with van der Waals surface area (Å²) >= 11 is 0. The van der Waals surface area contributed by atoms with Crippen molar-refractivity contribution in [3.63, 3.8) is 0 Å². The monoisotopic (exact) mass is 248 g/mol. The molecule has 17 heavy (non-hydrogen) atoms. The van der Waals surface area contributed by atoms with Crippen molar-refractivity contribution in [1.82, 2.24) is 0 Å². The smallest absolute Gasteiger partial charge is 0.336 e. The molecule has 0 aromatic rings. The van der Waals surface area contributed by atoms with Gasteiger partial charge in [-0.25, -0.2) is 4.79 Å². The third kappa shape index (κ3) is 5.61. The summed E-state index contributed by atoms with van der Waals surface area (Å²) in [6.07, 6.45) is -3.00. The predicted octanol–water partition coefficient (Wildman–Crippen LogP) is -0.899. The minimum atomic E-state index is -2.69. The van der Waals surface area contributed by atoms with Gasteiger partial charge in [0, 0.05) is 12.8 Å². The first-order chi connectivity index (χ1) is 7.67. The van der Waals surface area contributed by atoms with Crippen molar-refractivity contribution < 1.29 is 39.6 Å². The number of aliphatic carboxylic acids is 3. The molecule has 8 nitrogen and oxygen atoms in total. The van der Waals surface area contributed by atoms with Gasteiger partial charge >= 0.3 is 17.9 Å². The molecule has 0 aromatic carbocycles. The number of carboxylic acids is 3. The van der Waals surface area contributed by atoms with E-state index in [1.54, 1.807) is 0 Å². The van der Waals surface area contributed by atoms with E-state index in [4.69, 9.17) is 15.3 Å². The lowest BCUT2D eigenvalue weighted by atomic mass is 9.92. The van der Waals surface area contributed by atoms with Crippen LogP contribution >= 0.6 is 0 Å². The van der Waals surface area contributed by atoms with E-state index in [-0.39, 0.29) is 0 Å². The van der Waals surface area contributed by atoms with Crippen LogP contribution in [0.25, 0.3) is 0 Å². The molecule has 0 saturated heterocycles. The van der Waals surface area contributed by atoms with Crippen molar-refractivity contribution in [2.24, 2.45) is 0 Å². The standard InChI is InChI=1S/C9H12O8/c10-5(1-2-6(11)12)3-9(17,8(15)16)4-7(13)14/h17H,1-4H2,(H,11,12)(H,13,14)(H,15,16). The Labute approximate surface area is 95.5 Å². The molecular weight excluding hydrogens is 236 g/mol. The summed E-state index contributed by atoms with van der Waals surface area (Å²) in [5.74, 6) is -5.46. The van der Waals surface area contributed by atoms with Crippen molar-refractivity contribution in [1.29, 1.82) is 0 Å². The molecule has 1 unspecified atom stereocenters. The number of ketones is 1. The Morgan fingerprint density at radius 2 is 1.35 bits per heavy atom. The van der Waals surface area contributed by atoms with Crippen molar-refractivity contribution in [3.05, 3.63) is 0 Å². The van der Waals surface area contributed by atoms with Gasteiger partial charge in [-0.05, 0) is 0 Å². The molecule has 0 aliphatic heterocycles. The number of aliphatic hydroxyl groups is 1. The molecule has 0 fully saturated rings. The van der Waals surface area contributed by atoms with Crippen molar-refractivity contribution >= 4 is 23.7 Å². The summed E-state index contributed by atoms with van der Waals surface area (Å²) in [5.41, 5.74) is -2.69. The zero-order valence-corrected chi connectivity index (χ0v) is 8.75. The van der Waals surface area contributed by atoms with Crippen LogP contribution in [-0.2, 0) is 19.2 Å². The van der Waals surface area contributed by atoms with Crippen LogP contribution in [0.5, 0.6) is 0 Å². The van der Waals surface area contributed by atoms with Gasteiger partial charge in [0.1, 0.15) is 5.78 Å². The molecule has 96 valence electrons. The van der Waals surface area contributed by atoms with Gasteiger partial charge in [-0.15, -0.1) is 0 Å². The van der Waals surface area contributed by atoms with Crippen molar-refractivity contribution in [2.45, 2.75) is 31.3 Å². The highest BCUT2D eigenvalue weighted by Crippen LogP contribution is 2.18. The highest BCUT2D eigenvalue weighted by molar-refractivity contribution is 5.91.